The predicted molar refractivity (Wildman–Crippen MR) is 125 cm³/mol. The van der Waals surface area contributed by atoms with Crippen molar-refractivity contribution in [2.24, 2.45) is 0 Å². The van der Waals surface area contributed by atoms with Crippen LogP contribution in [-0.4, -0.2) is 51.5 Å². The molecule has 1 aliphatic heterocycles. The van der Waals surface area contributed by atoms with Gasteiger partial charge in [0.1, 0.15) is 0 Å². The molecule has 1 aliphatic rings. The van der Waals surface area contributed by atoms with Crippen LogP contribution in [0.2, 0.25) is 0 Å². The molecule has 0 aliphatic carbocycles. The van der Waals surface area contributed by atoms with E-state index < -0.39 is 10.0 Å². The van der Waals surface area contributed by atoms with E-state index in [4.69, 9.17) is 9.47 Å². The first kappa shape index (κ1) is 23.9. The largest absolute Gasteiger partial charge is 0.490 e. The van der Waals surface area contributed by atoms with E-state index in [1.165, 1.54) is 4.31 Å². The van der Waals surface area contributed by atoms with E-state index >= 15 is 0 Å². The summed E-state index contributed by atoms with van der Waals surface area (Å²) in [4.78, 5) is 12.7. The van der Waals surface area contributed by atoms with E-state index in [0.717, 1.165) is 19.3 Å². The van der Waals surface area contributed by atoms with Crippen molar-refractivity contribution in [2.75, 3.05) is 43.5 Å². The Morgan fingerprint density at radius 1 is 0.938 bits per heavy atom. The minimum absolute atomic E-state index is 0.00953. The molecule has 0 atom stereocenters. The van der Waals surface area contributed by atoms with E-state index in [9.17, 15) is 13.2 Å². The molecule has 1 amide bonds. The fourth-order valence-electron chi connectivity index (χ4n) is 3.54. The number of hydrogen-bond acceptors (Lipinski definition) is 6. The number of ether oxygens (including phenoxy) is 2. The Morgan fingerprint density at radius 3 is 2.38 bits per heavy atom. The second kappa shape index (κ2) is 11.2. The van der Waals surface area contributed by atoms with E-state index in [-0.39, 0.29) is 17.3 Å². The first-order chi connectivity index (χ1) is 15.4. The summed E-state index contributed by atoms with van der Waals surface area (Å²) in [7, 11) is -3.52. The summed E-state index contributed by atoms with van der Waals surface area (Å²) >= 11 is 0. The van der Waals surface area contributed by atoms with Crippen LogP contribution in [0.1, 0.15) is 33.1 Å². The normalized spacial score (nSPS) is 14.6. The molecular weight excluding hydrogens is 430 g/mol. The van der Waals surface area contributed by atoms with Gasteiger partial charge in [0.15, 0.2) is 11.5 Å². The predicted octanol–water partition coefficient (Wildman–Crippen LogP) is 3.71. The fraction of sp³-hybridized carbons (Fsp3) is 0.435. The molecule has 3 rings (SSSR count). The molecule has 32 heavy (non-hydrogen) atoms. The molecule has 174 valence electrons. The zero-order valence-electron chi connectivity index (χ0n) is 18.6. The zero-order valence-corrected chi connectivity index (χ0v) is 19.4. The number of hydrogen-bond donors (Lipinski definition) is 2. The first-order valence-corrected chi connectivity index (χ1v) is 12.4. The highest BCUT2D eigenvalue weighted by atomic mass is 32.2. The van der Waals surface area contributed by atoms with Crippen LogP contribution in [0.5, 0.6) is 11.5 Å². The summed E-state index contributed by atoms with van der Waals surface area (Å²) in [6.45, 7) is 5.86. The van der Waals surface area contributed by atoms with Gasteiger partial charge in [0.05, 0.1) is 24.7 Å². The van der Waals surface area contributed by atoms with Crippen LogP contribution in [0.25, 0.3) is 0 Å². The van der Waals surface area contributed by atoms with Gasteiger partial charge in [-0.25, -0.2) is 8.42 Å². The molecule has 0 unspecified atom stereocenters. The summed E-state index contributed by atoms with van der Waals surface area (Å²) in [6.07, 6.45) is 2.82. The highest BCUT2D eigenvalue weighted by Crippen LogP contribution is 2.30. The number of anilines is 2. The number of carbonyl (C=O) groups excluding carboxylic acids is 1. The number of sulfonamides is 1. The molecule has 1 fully saturated rings. The summed E-state index contributed by atoms with van der Waals surface area (Å²) in [5.74, 6) is 0.925. The van der Waals surface area contributed by atoms with E-state index in [2.05, 4.69) is 10.6 Å². The lowest BCUT2D eigenvalue weighted by atomic mass is 10.2. The molecular formula is C23H31N3O5S. The van der Waals surface area contributed by atoms with Crippen molar-refractivity contribution in [3.05, 3.63) is 42.5 Å². The summed E-state index contributed by atoms with van der Waals surface area (Å²) in [5, 5.41) is 5.81. The number of nitrogens with one attached hydrogen (secondary N) is 2. The maximum Gasteiger partial charge on any atom is 0.243 e. The molecule has 2 aromatic carbocycles. The summed E-state index contributed by atoms with van der Waals surface area (Å²) in [6, 6.07) is 11.8. The van der Waals surface area contributed by atoms with Crippen LogP contribution in [0.3, 0.4) is 0 Å². The van der Waals surface area contributed by atoms with Gasteiger partial charge >= 0.3 is 0 Å². The summed E-state index contributed by atoms with van der Waals surface area (Å²) < 4.78 is 38.4. The minimum atomic E-state index is -3.52. The molecule has 9 heteroatoms. The van der Waals surface area contributed by atoms with Crippen molar-refractivity contribution in [3.63, 3.8) is 0 Å². The van der Waals surface area contributed by atoms with Gasteiger partial charge in [0.25, 0.3) is 0 Å². The lowest BCUT2D eigenvalue weighted by molar-refractivity contribution is -0.114. The summed E-state index contributed by atoms with van der Waals surface area (Å²) in [5.41, 5.74) is 1.16. The van der Waals surface area contributed by atoms with Gasteiger partial charge in [-0.2, -0.15) is 4.31 Å². The molecule has 0 saturated carbocycles. The Bertz CT molecular complexity index is 1020. The van der Waals surface area contributed by atoms with Crippen molar-refractivity contribution in [2.45, 2.75) is 38.0 Å². The molecule has 0 spiro atoms. The second-order valence-electron chi connectivity index (χ2n) is 7.42. The van der Waals surface area contributed by atoms with Gasteiger partial charge in [-0.1, -0.05) is 12.5 Å². The van der Waals surface area contributed by atoms with Gasteiger partial charge in [0.2, 0.25) is 15.9 Å². The highest BCUT2D eigenvalue weighted by Gasteiger charge is 2.26. The van der Waals surface area contributed by atoms with Crippen LogP contribution in [0.15, 0.2) is 47.4 Å². The maximum atomic E-state index is 12.9. The van der Waals surface area contributed by atoms with E-state index in [1.807, 2.05) is 13.8 Å². The lowest BCUT2D eigenvalue weighted by Gasteiger charge is -2.26. The van der Waals surface area contributed by atoms with Crippen molar-refractivity contribution < 1.29 is 22.7 Å². The van der Waals surface area contributed by atoms with Gasteiger partial charge in [-0.3, -0.25) is 4.79 Å². The van der Waals surface area contributed by atoms with Crippen LogP contribution in [-0.2, 0) is 14.8 Å². The quantitative estimate of drug-likeness (QED) is 0.560. The monoisotopic (exact) mass is 461 g/mol. The van der Waals surface area contributed by atoms with Gasteiger partial charge in [0, 0.05) is 30.5 Å². The van der Waals surface area contributed by atoms with Gasteiger partial charge < -0.3 is 20.1 Å². The zero-order chi connectivity index (χ0) is 23.0. The SMILES string of the molecule is CCOc1ccc(NC(=O)CNc2cccc(S(=O)(=O)N3CCCCC3)c2)cc1OCC. The molecule has 2 aromatic rings. The smallest absolute Gasteiger partial charge is 0.243 e. The first-order valence-electron chi connectivity index (χ1n) is 11.0. The van der Waals surface area contributed by atoms with Crippen LogP contribution >= 0.6 is 0 Å². The lowest BCUT2D eigenvalue weighted by Crippen LogP contribution is -2.35. The highest BCUT2D eigenvalue weighted by molar-refractivity contribution is 7.89. The number of carbonyl (C=O) groups is 1. The Hall–Kier alpha value is -2.78. The third kappa shape index (κ3) is 6.14. The number of piperidine rings is 1. The van der Waals surface area contributed by atoms with Crippen LogP contribution < -0.4 is 20.1 Å². The third-order valence-electron chi connectivity index (χ3n) is 5.07. The molecule has 2 N–H and O–H groups in total. The average molecular weight is 462 g/mol. The molecule has 0 bridgehead atoms. The Balaban J connectivity index is 1.62. The maximum absolute atomic E-state index is 12.9. The number of amides is 1. The van der Waals surface area contributed by atoms with Gasteiger partial charge in [-0.15, -0.1) is 0 Å². The standard InChI is InChI=1S/C23H31N3O5S/c1-3-30-21-12-11-19(16-22(21)31-4-2)25-23(27)17-24-18-9-8-10-20(15-18)32(28,29)26-13-6-5-7-14-26/h8-12,15-16,24H,3-7,13-14,17H2,1-2H3,(H,25,27). The van der Waals surface area contributed by atoms with E-state index in [1.54, 1.807) is 42.5 Å². The number of nitrogens with zero attached hydrogens (tertiary/aromatic N) is 1. The molecule has 0 aromatic heterocycles. The van der Waals surface area contributed by atoms with Gasteiger partial charge in [-0.05, 0) is 57.0 Å². The topological polar surface area (TPSA) is 97.0 Å². The van der Waals surface area contributed by atoms with Crippen molar-refractivity contribution in [1.29, 1.82) is 0 Å². The second-order valence-corrected chi connectivity index (χ2v) is 9.36. The van der Waals surface area contributed by atoms with Crippen LogP contribution in [0, 0.1) is 0 Å². The average Bonchev–Trinajstić information content (AvgIpc) is 2.80. The Morgan fingerprint density at radius 2 is 1.66 bits per heavy atom. The third-order valence-corrected chi connectivity index (χ3v) is 6.96. The Kier molecular flexibility index (Phi) is 8.35. The molecule has 8 nitrogen and oxygen atoms in total. The molecule has 1 saturated heterocycles. The molecule has 0 radical (unpaired) electrons. The minimum Gasteiger partial charge on any atom is -0.490 e. The van der Waals surface area contributed by atoms with Crippen molar-refractivity contribution in [1.82, 2.24) is 4.31 Å². The van der Waals surface area contributed by atoms with Crippen molar-refractivity contribution >= 4 is 27.3 Å². The fourth-order valence-corrected chi connectivity index (χ4v) is 5.10. The number of benzene rings is 2. The number of rotatable bonds is 10. The van der Waals surface area contributed by atoms with E-state index in [0.29, 0.717) is 49.2 Å². The Labute approximate surface area is 190 Å². The van der Waals surface area contributed by atoms with Crippen LogP contribution in [0.4, 0.5) is 11.4 Å². The molecule has 1 heterocycles. The van der Waals surface area contributed by atoms with Crippen molar-refractivity contribution in [3.8, 4) is 11.5 Å².